The van der Waals surface area contributed by atoms with Crippen molar-refractivity contribution in [3.8, 4) is 0 Å². The first-order valence-electron chi connectivity index (χ1n) is 17.4. The van der Waals surface area contributed by atoms with Crippen molar-refractivity contribution in [2.45, 2.75) is 173 Å². The molecular weight excluding hydrogens is 623 g/mol. The van der Waals surface area contributed by atoms with Gasteiger partial charge >= 0.3 is 0 Å². The fraction of sp³-hybridized carbons (Fsp3) is 0.605. The van der Waals surface area contributed by atoms with Crippen LogP contribution in [0.3, 0.4) is 0 Å². The van der Waals surface area contributed by atoms with Crippen molar-refractivity contribution in [1.82, 2.24) is 15.0 Å². The van der Waals surface area contributed by atoms with Crippen LogP contribution in [0.5, 0.6) is 0 Å². The largest absolute Gasteiger partial charge is 0.261 e. The minimum Gasteiger partial charge on any atom is -0.261 e. The lowest BCUT2D eigenvalue weighted by Gasteiger charge is -2.07. The summed E-state index contributed by atoms with van der Waals surface area (Å²) >= 11 is 3.79. The summed E-state index contributed by atoms with van der Waals surface area (Å²) in [5.41, 5.74) is 5.00. The van der Waals surface area contributed by atoms with Crippen LogP contribution in [0.15, 0.2) is 55.0 Å². The van der Waals surface area contributed by atoms with Crippen molar-refractivity contribution >= 4 is 22.7 Å². The van der Waals surface area contributed by atoms with Crippen LogP contribution in [0.25, 0.3) is 0 Å². The van der Waals surface area contributed by atoms with E-state index in [1.165, 1.54) is 42.2 Å². The SMILES string of the molecule is C.C.CC(C)c1ccc(C(C)C)nc1.CC(C)c1ccc(C(C)C)nc1.CC(C)c1ccc(C(C)C)s1.CC(C)c1cnc(C(C)C)s1. The highest BCUT2D eigenvalue weighted by molar-refractivity contribution is 7.12. The van der Waals surface area contributed by atoms with Crippen LogP contribution >= 0.6 is 22.7 Å². The highest BCUT2D eigenvalue weighted by atomic mass is 32.1. The smallest absolute Gasteiger partial charge is 0.0953 e. The van der Waals surface area contributed by atoms with Gasteiger partial charge in [0.2, 0.25) is 0 Å². The van der Waals surface area contributed by atoms with Crippen molar-refractivity contribution in [2.24, 2.45) is 0 Å². The van der Waals surface area contributed by atoms with E-state index in [0.717, 1.165) is 0 Å². The van der Waals surface area contributed by atoms with Gasteiger partial charge in [0.05, 0.1) is 5.01 Å². The zero-order valence-electron chi connectivity index (χ0n) is 32.0. The summed E-state index contributed by atoms with van der Waals surface area (Å²) in [6, 6.07) is 13.1. The molecule has 0 aliphatic carbocycles. The van der Waals surface area contributed by atoms with Crippen LogP contribution < -0.4 is 0 Å². The highest BCUT2D eigenvalue weighted by Gasteiger charge is 2.08. The molecule has 0 amide bonds. The van der Waals surface area contributed by atoms with E-state index in [9.17, 15) is 0 Å². The van der Waals surface area contributed by atoms with Gasteiger partial charge in [0.1, 0.15) is 0 Å². The maximum Gasteiger partial charge on any atom is 0.0953 e. The zero-order valence-corrected chi connectivity index (χ0v) is 33.6. The number of nitrogens with zero attached hydrogens (tertiary/aromatic N) is 3. The van der Waals surface area contributed by atoms with Crippen LogP contribution in [0.1, 0.15) is 215 Å². The summed E-state index contributed by atoms with van der Waals surface area (Å²) in [6.07, 6.45) is 5.98. The lowest BCUT2D eigenvalue weighted by Crippen LogP contribution is -1.94. The molecule has 48 heavy (non-hydrogen) atoms. The lowest BCUT2D eigenvalue weighted by molar-refractivity contribution is 0.802. The number of aromatic nitrogens is 3. The van der Waals surface area contributed by atoms with Gasteiger partial charge < -0.3 is 0 Å². The summed E-state index contributed by atoms with van der Waals surface area (Å²) in [7, 11) is 0. The Hall–Kier alpha value is -2.37. The van der Waals surface area contributed by atoms with Crippen molar-refractivity contribution in [1.29, 1.82) is 0 Å². The quantitative estimate of drug-likeness (QED) is 0.184. The average molecular weight is 696 g/mol. The van der Waals surface area contributed by atoms with Crippen LogP contribution in [0.2, 0.25) is 0 Å². The minimum absolute atomic E-state index is 0. The first-order valence-corrected chi connectivity index (χ1v) is 19.0. The van der Waals surface area contributed by atoms with Gasteiger partial charge in [-0.2, -0.15) is 0 Å². The van der Waals surface area contributed by atoms with Gasteiger partial charge in [0, 0.05) is 50.5 Å². The van der Waals surface area contributed by atoms with Crippen LogP contribution in [0, 0.1) is 0 Å². The molecule has 0 unspecified atom stereocenters. The first kappa shape index (κ1) is 47.7. The fourth-order valence-corrected chi connectivity index (χ4v) is 5.96. The van der Waals surface area contributed by atoms with E-state index in [2.05, 4.69) is 162 Å². The molecule has 0 aliphatic heterocycles. The molecule has 0 atom stereocenters. The summed E-state index contributed by atoms with van der Waals surface area (Å²) < 4.78 is 0. The maximum atomic E-state index is 4.40. The molecule has 4 heterocycles. The predicted molar refractivity (Wildman–Crippen MR) is 221 cm³/mol. The predicted octanol–water partition coefficient (Wildman–Crippen LogP) is 15.3. The molecule has 4 aromatic heterocycles. The van der Waals surface area contributed by atoms with E-state index in [1.54, 1.807) is 0 Å². The van der Waals surface area contributed by atoms with Gasteiger partial charge in [-0.1, -0.05) is 138 Å². The molecule has 0 aromatic carbocycles. The number of rotatable bonds is 8. The van der Waals surface area contributed by atoms with Gasteiger partial charge in [0.15, 0.2) is 0 Å². The molecule has 3 nitrogen and oxygen atoms in total. The Labute approximate surface area is 306 Å². The average Bonchev–Trinajstić information content (AvgIpc) is 3.70. The molecule has 0 bridgehead atoms. The molecule has 0 N–H and O–H groups in total. The van der Waals surface area contributed by atoms with Crippen molar-refractivity contribution in [3.05, 3.63) is 97.1 Å². The van der Waals surface area contributed by atoms with Gasteiger partial charge in [-0.25, -0.2) is 4.98 Å². The minimum atomic E-state index is 0. The Morgan fingerprint density at radius 2 is 0.729 bits per heavy atom. The topological polar surface area (TPSA) is 38.7 Å². The molecule has 0 fully saturated rings. The number of thiophene rings is 1. The van der Waals surface area contributed by atoms with Crippen LogP contribution in [0.4, 0.5) is 0 Å². The Kier molecular flexibility index (Phi) is 23.8. The molecule has 4 aromatic rings. The van der Waals surface area contributed by atoms with E-state index >= 15 is 0 Å². The second-order valence-corrected chi connectivity index (χ2v) is 16.9. The van der Waals surface area contributed by atoms with E-state index in [4.69, 9.17) is 0 Å². The van der Waals surface area contributed by atoms with Gasteiger partial charge in [-0.05, 0) is 76.8 Å². The maximum absolute atomic E-state index is 4.40. The molecule has 0 saturated carbocycles. The number of hydrogen-bond acceptors (Lipinski definition) is 5. The number of thiazole rings is 1. The van der Waals surface area contributed by atoms with Gasteiger partial charge in [0.25, 0.3) is 0 Å². The summed E-state index contributed by atoms with van der Waals surface area (Å²) in [4.78, 5) is 17.6. The molecule has 0 radical (unpaired) electrons. The standard InChI is InChI=1S/2C11H17N.C10H16S.C9H15NS.2CH4/c2*1-8(2)10-5-6-11(9(3)4)12-7-10;1-7(2)9-5-6-10(11-9)8(3)4;1-6(2)8-5-10-9(11-8)7(3)4;;/h2*5-9H,1-4H3;5-8H,1-4H3;5-7H,1-4H3;2*1H4. The molecule has 272 valence electrons. The molecule has 5 heteroatoms. The molecule has 0 spiro atoms. The second-order valence-electron chi connectivity index (χ2n) is 14.6. The zero-order chi connectivity index (χ0) is 35.1. The van der Waals surface area contributed by atoms with Crippen LogP contribution in [-0.4, -0.2) is 15.0 Å². The Morgan fingerprint density at radius 3 is 0.917 bits per heavy atom. The van der Waals surface area contributed by atoms with Crippen molar-refractivity contribution in [3.63, 3.8) is 0 Å². The van der Waals surface area contributed by atoms with E-state index in [1.807, 2.05) is 41.3 Å². The normalized spacial score (nSPS) is 10.8. The summed E-state index contributed by atoms with van der Waals surface area (Å²) in [5.74, 6) is 4.81. The fourth-order valence-electron chi connectivity index (χ4n) is 4.02. The molecule has 4 rings (SSSR count). The Bertz CT molecular complexity index is 1130. The van der Waals surface area contributed by atoms with Gasteiger partial charge in [-0.3, -0.25) is 9.97 Å². The Morgan fingerprint density at radius 1 is 0.354 bits per heavy atom. The molecule has 0 saturated heterocycles. The summed E-state index contributed by atoms with van der Waals surface area (Å²) in [6.45, 7) is 35.2. The number of hydrogen-bond donors (Lipinski definition) is 0. The highest BCUT2D eigenvalue weighted by Crippen LogP contribution is 2.29. The summed E-state index contributed by atoms with van der Waals surface area (Å²) in [5, 5.41) is 1.26. The molecular formula is C43H73N3S2. The van der Waals surface area contributed by atoms with E-state index < -0.39 is 0 Å². The van der Waals surface area contributed by atoms with Crippen LogP contribution in [-0.2, 0) is 0 Å². The monoisotopic (exact) mass is 696 g/mol. The van der Waals surface area contributed by atoms with E-state index in [0.29, 0.717) is 47.3 Å². The van der Waals surface area contributed by atoms with Crippen molar-refractivity contribution in [2.75, 3.05) is 0 Å². The van der Waals surface area contributed by atoms with Crippen molar-refractivity contribution < 1.29 is 0 Å². The first-order chi connectivity index (χ1) is 21.4. The third-order valence-electron chi connectivity index (χ3n) is 7.52. The second kappa shape index (κ2) is 23.9. The van der Waals surface area contributed by atoms with E-state index in [-0.39, 0.29) is 14.9 Å². The van der Waals surface area contributed by atoms with Gasteiger partial charge in [-0.15, -0.1) is 22.7 Å². The number of pyridine rings is 2. The lowest BCUT2D eigenvalue weighted by atomic mass is 10.0. The molecule has 0 aliphatic rings. The third kappa shape index (κ3) is 17.3. The Balaban J connectivity index is 0. The third-order valence-corrected chi connectivity index (χ3v) is 10.8.